The van der Waals surface area contributed by atoms with Crippen molar-refractivity contribution in [2.45, 2.75) is 12.2 Å². The molecule has 4 rings (SSSR count). The van der Waals surface area contributed by atoms with Gasteiger partial charge < -0.3 is 19.7 Å². The molecule has 10 heteroatoms. The van der Waals surface area contributed by atoms with Crippen LogP contribution in [0.4, 0.5) is 0 Å². The number of nitrogens with zero attached hydrogens (tertiary/aromatic N) is 2. The first-order valence-corrected chi connectivity index (χ1v) is 9.23. The molecule has 2 N–H and O–H groups in total. The average Bonchev–Trinajstić information content (AvgIpc) is 2.84. The van der Waals surface area contributed by atoms with Crippen LogP contribution in [0.3, 0.4) is 0 Å². The first kappa shape index (κ1) is 20.7. The van der Waals surface area contributed by atoms with Crippen molar-refractivity contribution in [2.24, 2.45) is 0 Å². The van der Waals surface area contributed by atoms with E-state index in [1.165, 1.54) is 24.8 Å². The molecule has 0 fully saturated rings. The second kappa shape index (κ2) is 8.26. The number of cyclic esters (lactones) is 2. The number of rotatable bonds is 4. The number of pyridine rings is 2. The third kappa shape index (κ3) is 3.76. The predicted octanol–water partition coefficient (Wildman–Crippen LogP) is 2.68. The molecule has 3 aromatic rings. The third-order valence-corrected chi connectivity index (χ3v) is 4.83. The first-order chi connectivity index (χ1) is 15.4. The molecule has 32 heavy (non-hydrogen) atoms. The van der Waals surface area contributed by atoms with E-state index in [9.17, 15) is 29.4 Å². The average molecular weight is 434 g/mol. The van der Waals surface area contributed by atoms with Crippen LogP contribution in [0.15, 0.2) is 61.2 Å². The molecular weight excluding hydrogens is 420 g/mol. The molecule has 2 unspecified atom stereocenters. The van der Waals surface area contributed by atoms with Crippen molar-refractivity contribution in [3.8, 4) is 0 Å². The Morgan fingerprint density at radius 1 is 0.750 bits per heavy atom. The lowest BCUT2D eigenvalue weighted by atomic mass is 9.98. The second-order valence-electron chi connectivity index (χ2n) is 6.78. The predicted molar refractivity (Wildman–Crippen MR) is 105 cm³/mol. The van der Waals surface area contributed by atoms with Crippen LogP contribution in [0.25, 0.3) is 0 Å². The molecule has 0 amide bonds. The monoisotopic (exact) mass is 434 g/mol. The van der Waals surface area contributed by atoms with E-state index in [1.54, 1.807) is 24.3 Å². The zero-order valence-electron chi connectivity index (χ0n) is 16.2. The minimum Gasteiger partial charge on any atom is -0.478 e. The minimum absolute atomic E-state index is 0.368. The van der Waals surface area contributed by atoms with Crippen molar-refractivity contribution in [3.63, 3.8) is 0 Å². The lowest BCUT2D eigenvalue weighted by Crippen LogP contribution is -2.22. The Kier molecular flexibility index (Phi) is 5.34. The number of benzene rings is 1. The summed E-state index contributed by atoms with van der Waals surface area (Å²) in [4.78, 5) is 57.5. The van der Waals surface area contributed by atoms with Gasteiger partial charge in [0.15, 0.2) is 12.2 Å². The van der Waals surface area contributed by atoms with Crippen molar-refractivity contribution < 1.29 is 38.9 Å². The van der Waals surface area contributed by atoms with E-state index in [4.69, 9.17) is 9.47 Å². The van der Waals surface area contributed by atoms with Crippen molar-refractivity contribution >= 4 is 23.9 Å². The molecule has 10 nitrogen and oxygen atoms in total. The summed E-state index contributed by atoms with van der Waals surface area (Å²) in [5, 5.41) is 19.0. The van der Waals surface area contributed by atoms with Gasteiger partial charge in [0.25, 0.3) is 0 Å². The maximum atomic E-state index is 13.0. The lowest BCUT2D eigenvalue weighted by Gasteiger charge is -2.26. The molecule has 3 heterocycles. The molecule has 2 aromatic heterocycles. The quantitative estimate of drug-likeness (QED) is 0.586. The number of aromatic nitrogens is 2. The van der Waals surface area contributed by atoms with Crippen LogP contribution in [-0.4, -0.2) is 44.1 Å². The fourth-order valence-corrected chi connectivity index (χ4v) is 3.35. The van der Waals surface area contributed by atoms with Crippen molar-refractivity contribution in [1.29, 1.82) is 0 Å². The molecule has 0 spiro atoms. The number of fused-ring (bicyclic) bond motifs is 2. The number of hydrogen-bond donors (Lipinski definition) is 2. The maximum Gasteiger partial charge on any atom is 0.339 e. The Balaban J connectivity index is 1.94. The Bertz CT molecular complexity index is 1130. The topological polar surface area (TPSA) is 153 Å². The van der Waals surface area contributed by atoms with Gasteiger partial charge in [-0.15, -0.1) is 0 Å². The van der Waals surface area contributed by atoms with E-state index in [1.807, 2.05) is 0 Å². The summed E-state index contributed by atoms with van der Waals surface area (Å²) in [5.41, 5.74) is -1.45. The molecule has 160 valence electrons. The number of carbonyl (C=O) groups excluding carboxylic acids is 2. The zero-order valence-corrected chi connectivity index (χ0v) is 16.2. The molecule has 1 aromatic carbocycles. The van der Waals surface area contributed by atoms with Gasteiger partial charge in [-0.25, -0.2) is 19.2 Å². The van der Waals surface area contributed by atoms with Crippen LogP contribution >= 0.6 is 0 Å². The second-order valence-corrected chi connectivity index (χ2v) is 6.78. The number of ether oxygens (including phenoxy) is 2. The highest BCUT2D eigenvalue weighted by molar-refractivity contribution is 6.10. The Morgan fingerprint density at radius 3 is 1.53 bits per heavy atom. The van der Waals surface area contributed by atoms with Crippen LogP contribution in [-0.2, 0) is 9.47 Å². The van der Waals surface area contributed by atoms with Gasteiger partial charge in [0.05, 0.1) is 22.3 Å². The van der Waals surface area contributed by atoms with Gasteiger partial charge in [0, 0.05) is 35.9 Å². The van der Waals surface area contributed by atoms with E-state index in [2.05, 4.69) is 9.97 Å². The van der Waals surface area contributed by atoms with Gasteiger partial charge in [0.1, 0.15) is 0 Å². The van der Waals surface area contributed by atoms with Gasteiger partial charge in [-0.05, 0) is 24.3 Å². The van der Waals surface area contributed by atoms with Crippen molar-refractivity contribution in [1.82, 2.24) is 9.97 Å². The number of hydrogen-bond acceptors (Lipinski definition) is 8. The Hall–Kier alpha value is -4.60. The molecule has 2 bridgehead atoms. The summed E-state index contributed by atoms with van der Waals surface area (Å²) in [6.45, 7) is 0. The van der Waals surface area contributed by atoms with Crippen LogP contribution < -0.4 is 0 Å². The minimum atomic E-state index is -1.56. The Labute approximate surface area is 180 Å². The smallest absolute Gasteiger partial charge is 0.339 e. The van der Waals surface area contributed by atoms with E-state index in [0.29, 0.717) is 11.1 Å². The Morgan fingerprint density at radius 2 is 1.19 bits per heavy atom. The normalized spacial score (nSPS) is 17.9. The molecule has 1 aliphatic rings. The van der Waals surface area contributed by atoms with Crippen LogP contribution in [0.2, 0.25) is 0 Å². The highest BCUT2D eigenvalue weighted by Gasteiger charge is 2.37. The lowest BCUT2D eigenvalue weighted by molar-refractivity contribution is -0.0381. The highest BCUT2D eigenvalue weighted by Crippen LogP contribution is 2.38. The summed E-state index contributed by atoms with van der Waals surface area (Å²) in [5.74, 6) is -5.25. The fraction of sp³-hybridized carbons (Fsp3) is 0.0909. The standard InChI is InChI=1S/C22H14N2O8/c25-19(26)13-7-14(20(27)28)16-8-15(13)21(29)31-17(11-3-1-5-23-9-11)18(32-22(16)30)12-4-2-6-24-10-12/h1-10,17-18H,(H,25,26)(H,27,28). The highest BCUT2D eigenvalue weighted by atomic mass is 16.6. The molecule has 0 aliphatic carbocycles. The zero-order chi connectivity index (χ0) is 22.8. The SMILES string of the molecule is O=C(O)c1cc(C(=O)O)c2cc1C(=O)OC(c1cccnc1)C(c1cccnc1)OC2=O. The van der Waals surface area contributed by atoms with Gasteiger partial charge in [-0.1, -0.05) is 12.1 Å². The van der Waals surface area contributed by atoms with Gasteiger partial charge in [-0.2, -0.15) is 0 Å². The fourth-order valence-electron chi connectivity index (χ4n) is 3.35. The molecule has 1 aliphatic heterocycles. The first-order valence-electron chi connectivity index (χ1n) is 9.23. The van der Waals surface area contributed by atoms with Crippen molar-refractivity contribution in [2.75, 3.05) is 0 Å². The van der Waals surface area contributed by atoms with Gasteiger partial charge in [0.2, 0.25) is 0 Å². The molecule has 0 saturated carbocycles. The van der Waals surface area contributed by atoms with E-state index >= 15 is 0 Å². The van der Waals surface area contributed by atoms with Crippen molar-refractivity contribution in [3.05, 3.63) is 94.6 Å². The summed E-state index contributed by atoms with van der Waals surface area (Å²) in [6.07, 6.45) is 3.38. The largest absolute Gasteiger partial charge is 0.478 e. The van der Waals surface area contributed by atoms with Crippen LogP contribution in [0.5, 0.6) is 0 Å². The molecule has 0 radical (unpaired) electrons. The maximum absolute atomic E-state index is 13.0. The summed E-state index contributed by atoms with van der Waals surface area (Å²) < 4.78 is 11.2. The molecule has 2 atom stereocenters. The summed E-state index contributed by atoms with van der Waals surface area (Å²) in [7, 11) is 0. The number of carbonyl (C=O) groups is 4. The van der Waals surface area contributed by atoms with Gasteiger partial charge in [-0.3, -0.25) is 9.97 Å². The van der Waals surface area contributed by atoms with E-state index < -0.39 is 58.3 Å². The van der Waals surface area contributed by atoms with E-state index in [0.717, 1.165) is 12.1 Å². The summed E-state index contributed by atoms with van der Waals surface area (Å²) >= 11 is 0. The van der Waals surface area contributed by atoms with Crippen LogP contribution in [0.1, 0.15) is 64.8 Å². The molecular formula is C22H14N2O8. The van der Waals surface area contributed by atoms with E-state index in [-0.39, 0.29) is 0 Å². The number of carboxylic acid groups (broad SMARTS) is 2. The number of esters is 2. The van der Waals surface area contributed by atoms with Gasteiger partial charge >= 0.3 is 23.9 Å². The number of carboxylic acids is 2. The summed E-state index contributed by atoms with van der Waals surface area (Å²) in [6, 6.07) is 7.96. The number of aromatic carboxylic acids is 2. The third-order valence-electron chi connectivity index (χ3n) is 4.83. The molecule has 0 saturated heterocycles. The van der Waals surface area contributed by atoms with Crippen LogP contribution in [0, 0.1) is 0 Å².